The second kappa shape index (κ2) is 6.45. The lowest BCUT2D eigenvalue weighted by Gasteiger charge is -2.09. The lowest BCUT2D eigenvalue weighted by Crippen LogP contribution is -2.14. The molecule has 22 heavy (non-hydrogen) atoms. The van der Waals surface area contributed by atoms with Crippen LogP contribution in [0.25, 0.3) is 0 Å². The minimum absolute atomic E-state index is 0.0870. The van der Waals surface area contributed by atoms with Gasteiger partial charge in [0.15, 0.2) is 0 Å². The maximum atomic E-state index is 12.3. The second-order valence-electron chi connectivity index (χ2n) is 4.57. The Labute approximate surface area is 137 Å². The third-order valence-corrected chi connectivity index (χ3v) is 4.95. The number of carbonyl (C=O) groups excluding carboxylic acids is 1. The van der Waals surface area contributed by atoms with E-state index in [0.29, 0.717) is 11.4 Å². The number of carbonyl (C=O) groups is 1. The van der Waals surface area contributed by atoms with Crippen LogP contribution in [0.1, 0.15) is 12.6 Å². The maximum Gasteiger partial charge on any atom is 0.263 e. The highest BCUT2D eigenvalue weighted by Crippen LogP contribution is 2.20. The molecule has 0 unspecified atom stereocenters. The van der Waals surface area contributed by atoms with Crippen LogP contribution in [0, 0.1) is 6.92 Å². The van der Waals surface area contributed by atoms with Crippen LogP contribution in [0.4, 0.5) is 11.5 Å². The number of benzene rings is 1. The second-order valence-corrected chi connectivity index (χ2v) is 7.11. The Morgan fingerprint density at radius 1 is 1.14 bits per heavy atom. The number of hydrogen-bond donors (Lipinski definition) is 2. The summed E-state index contributed by atoms with van der Waals surface area (Å²) in [4.78, 5) is 15.2. The van der Waals surface area contributed by atoms with Crippen molar-refractivity contribution < 1.29 is 13.2 Å². The van der Waals surface area contributed by atoms with E-state index in [-0.39, 0.29) is 16.6 Å². The first-order valence-electron chi connectivity index (χ1n) is 6.31. The Kier molecular flexibility index (Phi) is 4.82. The first-order valence-corrected chi connectivity index (χ1v) is 8.59. The fourth-order valence-corrected chi connectivity index (χ4v) is 2.94. The molecule has 2 rings (SSSR count). The van der Waals surface area contributed by atoms with E-state index in [4.69, 9.17) is 0 Å². The molecule has 0 aliphatic rings. The Balaban J connectivity index is 2.22. The molecule has 0 aliphatic carbocycles. The Morgan fingerprint density at radius 3 is 2.32 bits per heavy atom. The van der Waals surface area contributed by atoms with E-state index in [1.54, 1.807) is 19.1 Å². The molecule has 0 radical (unpaired) electrons. The van der Waals surface area contributed by atoms with Crippen molar-refractivity contribution in [3.63, 3.8) is 0 Å². The van der Waals surface area contributed by atoms with Crippen molar-refractivity contribution in [2.45, 2.75) is 18.7 Å². The molecule has 1 aromatic carbocycles. The zero-order valence-corrected chi connectivity index (χ0v) is 14.3. The largest absolute Gasteiger partial charge is 0.326 e. The molecule has 0 saturated carbocycles. The molecule has 0 aliphatic heterocycles. The first-order chi connectivity index (χ1) is 10.3. The summed E-state index contributed by atoms with van der Waals surface area (Å²) in [6, 6.07) is 9.17. The number of sulfonamides is 1. The van der Waals surface area contributed by atoms with E-state index in [1.807, 2.05) is 0 Å². The molecule has 1 heterocycles. The van der Waals surface area contributed by atoms with Crippen molar-refractivity contribution in [3.8, 4) is 0 Å². The molecule has 2 N–H and O–H groups in total. The third kappa shape index (κ3) is 4.05. The Morgan fingerprint density at radius 2 is 1.77 bits per heavy atom. The van der Waals surface area contributed by atoms with E-state index < -0.39 is 10.0 Å². The first kappa shape index (κ1) is 16.4. The van der Waals surface area contributed by atoms with E-state index in [0.717, 1.165) is 4.47 Å². The Hall–Kier alpha value is -1.93. The number of halogens is 1. The van der Waals surface area contributed by atoms with E-state index in [2.05, 4.69) is 31.0 Å². The maximum absolute atomic E-state index is 12.3. The van der Waals surface area contributed by atoms with Crippen LogP contribution in [-0.4, -0.2) is 19.3 Å². The van der Waals surface area contributed by atoms with Gasteiger partial charge in [-0.2, -0.15) is 0 Å². The van der Waals surface area contributed by atoms with Crippen molar-refractivity contribution in [1.82, 2.24) is 4.98 Å². The fraction of sp³-hybridized carbons (Fsp3) is 0.143. The average Bonchev–Trinajstić information content (AvgIpc) is 2.42. The van der Waals surface area contributed by atoms with Crippen LogP contribution in [0.3, 0.4) is 0 Å². The number of pyridine rings is 1. The quantitative estimate of drug-likeness (QED) is 0.849. The van der Waals surface area contributed by atoms with Gasteiger partial charge in [-0.15, -0.1) is 0 Å². The summed E-state index contributed by atoms with van der Waals surface area (Å²) in [5.41, 5.74) is 1.21. The summed E-state index contributed by atoms with van der Waals surface area (Å²) in [6.45, 7) is 3.15. The van der Waals surface area contributed by atoms with Crippen molar-refractivity contribution in [1.29, 1.82) is 0 Å². The normalized spacial score (nSPS) is 11.0. The molecule has 6 nitrogen and oxygen atoms in total. The molecule has 0 atom stereocenters. The summed E-state index contributed by atoms with van der Waals surface area (Å²) in [7, 11) is -3.73. The van der Waals surface area contributed by atoms with Crippen LogP contribution >= 0.6 is 15.9 Å². The molecule has 1 amide bonds. The number of aryl methyl sites for hydroxylation is 1. The van der Waals surface area contributed by atoms with Crippen LogP contribution in [-0.2, 0) is 14.8 Å². The van der Waals surface area contributed by atoms with Gasteiger partial charge in [-0.25, -0.2) is 13.4 Å². The number of hydrogen-bond acceptors (Lipinski definition) is 4. The molecule has 0 bridgehead atoms. The number of aromatic nitrogens is 1. The van der Waals surface area contributed by atoms with Gasteiger partial charge in [0.25, 0.3) is 10.0 Å². The molecule has 1 aromatic heterocycles. The zero-order chi connectivity index (χ0) is 16.3. The van der Waals surface area contributed by atoms with Gasteiger partial charge >= 0.3 is 0 Å². The standard InChI is InChI=1S/C14H14BrN3O3S/c1-9-13(15)7-8-14(16-9)18-22(20,21)12-5-3-11(4-6-12)17-10(2)19/h3-8H,1-2H3,(H,16,18)(H,17,19). The topological polar surface area (TPSA) is 88.2 Å². The van der Waals surface area contributed by atoms with Crippen LogP contribution < -0.4 is 10.0 Å². The monoisotopic (exact) mass is 383 g/mol. The van der Waals surface area contributed by atoms with E-state index >= 15 is 0 Å². The molecule has 116 valence electrons. The predicted molar refractivity (Wildman–Crippen MR) is 88.2 cm³/mol. The van der Waals surface area contributed by atoms with Gasteiger partial charge in [0.05, 0.1) is 10.6 Å². The van der Waals surface area contributed by atoms with Crippen LogP contribution in [0.5, 0.6) is 0 Å². The summed E-state index contributed by atoms with van der Waals surface area (Å²) >= 11 is 3.31. The number of nitrogens with zero attached hydrogens (tertiary/aromatic N) is 1. The van der Waals surface area contributed by atoms with Gasteiger partial charge < -0.3 is 5.32 Å². The van der Waals surface area contributed by atoms with E-state index in [1.165, 1.54) is 31.2 Å². The van der Waals surface area contributed by atoms with Gasteiger partial charge in [-0.3, -0.25) is 9.52 Å². The number of nitrogens with one attached hydrogen (secondary N) is 2. The zero-order valence-electron chi connectivity index (χ0n) is 11.9. The van der Waals surface area contributed by atoms with Gasteiger partial charge in [-0.1, -0.05) is 0 Å². The summed E-state index contributed by atoms with van der Waals surface area (Å²) in [6.07, 6.45) is 0. The minimum Gasteiger partial charge on any atom is -0.326 e. The molecule has 0 spiro atoms. The Bertz CT molecular complexity index is 805. The summed E-state index contributed by atoms with van der Waals surface area (Å²) in [5, 5.41) is 2.58. The molecule has 0 saturated heterocycles. The molecule has 2 aromatic rings. The molecular formula is C14H14BrN3O3S. The summed E-state index contributed by atoms with van der Waals surface area (Å²) in [5.74, 6) is 0.0231. The van der Waals surface area contributed by atoms with Crippen LogP contribution in [0.2, 0.25) is 0 Å². The number of rotatable bonds is 4. The highest BCUT2D eigenvalue weighted by Gasteiger charge is 2.15. The fourth-order valence-electron chi connectivity index (χ4n) is 1.72. The average molecular weight is 384 g/mol. The lowest BCUT2D eigenvalue weighted by molar-refractivity contribution is -0.114. The SMILES string of the molecule is CC(=O)Nc1ccc(S(=O)(=O)Nc2ccc(Br)c(C)n2)cc1. The molecule has 0 fully saturated rings. The number of amides is 1. The third-order valence-electron chi connectivity index (χ3n) is 2.75. The highest BCUT2D eigenvalue weighted by molar-refractivity contribution is 9.10. The molecular weight excluding hydrogens is 370 g/mol. The molecule has 8 heteroatoms. The van der Waals surface area contributed by atoms with Crippen molar-refractivity contribution in [3.05, 3.63) is 46.6 Å². The van der Waals surface area contributed by atoms with Gasteiger partial charge in [-0.05, 0) is 59.3 Å². The number of anilines is 2. The predicted octanol–water partition coefficient (Wildman–Crippen LogP) is 2.91. The highest BCUT2D eigenvalue weighted by atomic mass is 79.9. The van der Waals surface area contributed by atoms with Gasteiger partial charge in [0.2, 0.25) is 5.91 Å². The smallest absolute Gasteiger partial charge is 0.263 e. The van der Waals surface area contributed by atoms with Gasteiger partial charge in [0.1, 0.15) is 5.82 Å². The lowest BCUT2D eigenvalue weighted by atomic mass is 10.3. The minimum atomic E-state index is -3.73. The van der Waals surface area contributed by atoms with Crippen molar-refractivity contribution in [2.75, 3.05) is 10.0 Å². The van der Waals surface area contributed by atoms with Gasteiger partial charge in [0, 0.05) is 17.1 Å². The summed E-state index contributed by atoms with van der Waals surface area (Å²) < 4.78 is 27.8. The van der Waals surface area contributed by atoms with Crippen molar-refractivity contribution >= 4 is 43.4 Å². The van der Waals surface area contributed by atoms with E-state index in [9.17, 15) is 13.2 Å². The van der Waals surface area contributed by atoms with Crippen LogP contribution in [0.15, 0.2) is 45.8 Å². The van der Waals surface area contributed by atoms with Crippen molar-refractivity contribution in [2.24, 2.45) is 0 Å².